The van der Waals surface area contributed by atoms with E-state index in [9.17, 15) is 4.79 Å². The molecule has 0 saturated carbocycles. The number of esters is 1. The first-order chi connectivity index (χ1) is 9.10. The highest BCUT2D eigenvalue weighted by atomic mass is 127. The van der Waals surface area contributed by atoms with Crippen LogP contribution in [0, 0.1) is 10.5 Å². The summed E-state index contributed by atoms with van der Waals surface area (Å²) >= 11 is 2.25. The van der Waals surface area contributed by atoms with Crippen LogP contribution in [-0.2, 0) is 4.74 Å². The van der Waals surface area contributed by atoms with Crippen molar-refractivity contribution < 1.29 is 9.53 Å². The standard InChI is InChI=1S/C15H14INO2/c1-10-3-8-14(13(9-10)15(18)19-2)17-12-6-4-11(16)5-7-12/h3-9,17H,1-2H3. The lowest BCUT2D eigenvalue weighted by Gasteiger charge is -2.11. The van der Waals surface area contributed by atoms with Crippen LogP contribution in [0.2, 0.25) is 0 Å². The maximum Gasteiger partial charge on any atom is 0.339 e. The van der Waals surface area contributed by atoms with E-state index < -0.39 is 0 Å². The van der Waals surface area contributed by atoms with Crippen LogP contribution in [0.4, 0.5) is 11.4 Å². The highest BCUT2D eigenvalue weighted by molar-refractivity contribution is 14.1. The number of rotatable bonds is 3. The topological polar surface area (TPSA) is 38.3 Å². The van der Waals surface area contributed by atoms with E-state index in [0.29, 0.717) is 5.56 Å². The van der Waals surface area contributed by atoms with Crippen molar-refractivity contribution in [1.29, 1.82) is 0 Å². The van der Waals surface area contributed by atoms with Gasteiger partial charge in [0.25, 0.3) is 0 Å². The zero-order valence-corrected chi connectivity index (χ0v) is 12.9. The zero-order valence-electron chi connectivity index (χ0n) is 10.7. The highest BCUT2D eigenvalue weighted by Gasteiger charge is 2.12. The van der Waals surface area contributed by atoms with E-state index >= 15 is 0 Å². The molecule has 0 aliphatic rings. The minimum Gasteiger partial charge on any atom is -0.465 e. The van der Waals surface area contributed by atoms with Crippen molar-refractivity contribution in [3.63, 3.8) is 0 Å². The number of hydrogen-bond donors (Lipinski definition) is 1. The molecule has 1 N–H and O–H groups in total. The fraction of sp³-hybridized carbons (Fsp3) is 0.133. The number of nitrogens with one attached hydrogen (secondary N) is 1. The molecular formula is C15H14INO2. The van der Waals surface area contributed by atoms with Gasteiger partial charge in [0.05, 0.1) is 18.4 Å². The molecule has 0 fully saturated rings. The molecule has 0 heterocycles. The Morgan fingerprint density at radius 2 is 1.84 bits per heavy atom. The summed E-state index contributed by atoms with van der Waals surface area (Å²) in [6.07, 6.45) is 0. The van der Waals surface area contributed by atoms with Crippen LogP contribution in [0.3, 0.4) is 0 Å². The molecule has 19 heavy (non-hydrogen) atoms. The Morgan fingerprint density at radius 3 is 2.47 bits per heavy atom. The number of methoxy groups -OCH3 is 1. The number of hydrogen-bond acceptors (Lipinski definition) is 3. The molecule has 3 nitrogen and oxygen atoms in total. The van der Waals surface area contributed by atoms with Crippen molar-refractivity contribution in [2.24, 2.45) is 0 Å². The third-order valence-electron chi connectivity index (χ3n) is 2.70. The van der Waals surface area contributed by atoms with E-state index in [4.69, 9.17) is 4.74 Å². The lowest BCUT2D eigenvalue weighted by molar-refractivity contribution is 0.0602. The van der Waals surface area contributed by atoms with Gasteiger partial charge in [0.15, 0.2) is 0 Å². The number of halogens is 1. The molecule has 0 amide bonds. The Kier molecular flexibility index (Phi) is 4.42. The first-order valence-corrected chi connectivity index (χ1v) is 6.89. The van der Waals surface area contributed by atoms with Crippen LogP contribution in [0.25, 0.3) is 0 Å². The van der Waals surface area contributed by atoms with Crippen LogP contribution >= 0.6 is 22.6 Å². The largest absolute Gasteiger partial charge is 0.465 e. The van der Waals surface area contributed by atoms with Crippen molar-refractivity contribution in [3.05, 3.63) is 57.2 Å². The summed E-state index contributed by atoms with van der Waals surface area (Å²) in [7, 11) is 1.39. The second kappa shape index (κ2) is 6.06. The van der Waals surface area contributed by atoms with Gasteiger partial charge >= 0.3 is 5.97 Å². The molecule has 0 saturated heterocycles. The summed E-state index contributed by atoms with van der Waals surface area (Å²) in [5.74, 6) is -0.336. The fourth-order valence-corrected chi connectivity index (χ4v) is 2.09. The fourth-order valence-electron chi connectivity index (χ4n) is 1.73. The molecule has 0 unspecified atom stereocenters. The number of benzene rings is 2. The zero-order chi connectivity index (χ0) is 13.8. The minimum atomic E-state index is -0.336. The van der Waals surface area contributed by atoms with Gasteiger partial charge in [-0.3, -0.25) is 0 Å². The van der Waals surface area contributed by atoms with E-state index in [1.807, 2.05) is 49.4 Å². The first kappa shape index (κ1) is 13.9. The number of ether oxygens (including phenoxy) is 1. The lowest BCUT2D eigenvalue weighted by Crippen LogP contribution is -2.06. The maximum atomic E-state index is 11.8. The Morgan fingerprint density at radius 1 is 1.16 bits per heavy atom. The van der Waals surface area contributed by atoms with Crippen molar-refractivity contribution >= 4 is 39.9 Å². The summed E-state index contributed by atoms with van der Waals surface area (Å²) in [4.78, 5) is 11.8. The third-order valence-corrected chi connectivity index (χ3v) is 3.42. The van der Waals surface area contributed by atoms with E-state index in [2.05, 4.69) is 27.9 Å². The van der Waals surface area contributed by atoms with Crippen LogP contribution in [-0.4, -0.2) is 13.1 Å². The van der Waals surface area contributed by atoms with Crippen LogP contribution < -0.4 is 5.32 Å². The van der Waals surface area contributed by atoms with Crippen LogP contribution in [0.5, 0.6) is 0 Å². The summed E-state index contributed by atoms with van der Waals surface area (Å²) in [5.41, 5.74) is 3.25. The summed E-state index contributed by atoms with van der Waals surface area (Å²) in [6.45, 7) is 1.95. The number of aryl methyl sites for hydroxylation is 1. The number of carbonyl (C=O) groups is 1. The maximum absolute atomic E-state index is 11.8. The van der Waals surface area contributed by atoms with Crippen molar-refractivity contribution in [2.75, 3.05) is 12.4 Å². The summed E-state index contributed by atoms with van der Waals surface area (Å²) in [5, 5.41) is 3.24. The number of carbonyl (C=O) groups excluding carboxylic acids is 1. The Balaban J connectivity index is 2.34. The third kappa shape index (κ3) is 3.47. The van der Waals surface area contributed by atoms with Gasteiger partial charge in [-0.15, -0.1) is 0 Å². The Hall–Kier alpha value is -1.56. The quantitative estimate of drug-likeness (QED) is 0.655. The van der Waals surface area contributed by atoms with Gasteiger partial charge < -0.3 is 10.1 Å². The minimum absolute atomic E-state index is 0.336. The second-order valence-electron chi connectivity index (χ2n) is 4.17. The highest BCUT2D eigenvalue weighted by Crippen LogP contribution is 2.23. The van der Waals surface area contributed by atoms with Crippen molar-refractivity contribution in [1.82, 2.24) is 0 Å². The average Bonchev–Trinajstić information content (AvgIpc) is 2.42. The van der Waals surface area contributed by atoms with E-state index in [1.165, 1.54) is 10.7 Å². The van der Waals surface area contributed by atoms with Crippen molar-refractivity contribution in [2.45, 2.75) is 6.92 Å². The van der Waals surface area contributed by atoms with Gasteiger partial charge in [0.1, 0.15) is 0 Å². The predicted molar refractivity (Wildman–Crippen MR) is 85.0 cm³/mol. The molecule has 0 aromatic heterocycles. The Bertz CT molecular complexity index is 594. The lowest BCUT2D eigenvalue weighted by atomic mass is 10.1. The van der Waals surface area contributed by atoms with Crippen LogP contribution in [0.15, 0.2) is 42.5 Å². The monoisotopic (exact) mass is 367 g/mol. The molecule has 0 atom stereocenters. The Labute approximate surface area is 126 Å². The predicted octanol–water partition coefficient (Wildman–Crippen LogP) is 4.13. The molecule has 0 aliphatic heterocycles. The summed E-state index contributed by atoms with van der Waals surface area (Å²) in [6, 6.07) is 13.6. The van der Waals surface area contributed by atoms with Gasteiger partial charge in [-0.2, -0.15) is 0 Å². The summed E-state index contributed by atoms with van der Waals surface area (Å²) < 4.78 is 5.98. The van der Waals surface area contributed by atoms with Gasteiger partial charge in [0.2, 0.25) is 0 Å². The smallest absolute Gasteiger partial charge is 0.339 e. The molecule has 0 radical (unpaired) electrons. The molecule has 98 valence electrons. The van der Waals surface area contributed by atoms with Gasteiger partial charge in [-0.1, -0.05) is 11.6 Å². The SMILES string of the molecule is COC(=O)c1cc(C)ccc1Nc1ccc(I)cc1. The second-order valence-corrected chi connectivity index (χ2v) is 5.42. The normalized spacial score (nSPS) is 10.1. The van der Waals surface area contributed by atoms with E-state index in [-0.39, 0.29) is 5.97 Å². The van der Waals surface area contributed by atoms with Gasteiger partial charge in [-0.05, 0) is 65.9 Å². The molecule has 2 rings (SSSR count). The van der Waals surface area contributed by atoms with Gasteiger partial charge in [-0.25, -0.2) is 4.79 Å². The number of anilines is 2. The van der Waals surface area contributed by atoms with E-state index in [0.717, 1.165) is 16.9 Å². The molecule has 0 aliphatic carbocycles. The van der Waals surface area contributed by atoms with Gasteiger partial charge in [0, 0.05) is 9.26 Å². The molecule has 2 aromatic carbocycles. The van der Waals surface area contributed by atoms with Crippen LogP contribution in [0.1, 0.15) is 15.9 Å². The molecule has 2 aromatic rings. The molecule has 0 bridgehead atoms. The molecule has 0 spiro atoms. The molecule has 4 heteroatoms. The van der Waals surface area contributed by atoms with E-state index in [1.54, 1.807) is 0 Å². The average molecular weight is 367 g/mol. The molecular weight excluding hydrogens is 353 g/mol. The van der Waals surface area contributed by atoms with Crippen molar-refractivity contribution in [3.8, 4) is 0 Å². The first-order valence-electron chi connectivity index (χ1n) is 5.81.